The van der Waals surface area contributed by atoms with E-state index in [9.17, 15) is 17.6 Å². The van der Waals surface area contributed by atoms with Gasteiger partial charge in [-0.05, 0) is 40.0 Å². The first-order valence-electron chi connectivity index (χ1n) is 11.8. The molecule has 4 heterocycles. The van der Waals surface area contributed by atoms with Crippen molar-refractivity contribution in [3.63, 3.8) is 0 Å². The lowest BCUT2D eigenvalue weighted by molar-refractivity contribution is 0.111. The van der Waals surface area contributed by atoms with E-state index in [2.05, 4.69) is 42.0 Å². The minimum atomic E-state index is -3.84. The summed E-state index contributed by atoms with van der Waals surface area (Å²) in [4.78, 5) is 24.6. The molecule has 0 aromatic carbocycles. The molecule has 12 nitrogen and oxygen atoms in total. The van der Waals surface area contributed by atoms with Gasteiger partial charge in [-0.15, -0.1) is 5.10 Å². The zero-order valence-corrected chi connectivity index (χ0v) is 22.0. The van der Waals surface area contributed by atoms with Crippen molar-refractivity contribution in [3.05, 3.63) is 36.5 Å². The molecular formula is C23H31FN8O4S. The van der Waals surface area contributed by atoms with Crippen LogP contribution >= 0.6 is 0 Å². The van der Waals surface area contributed by atoms with Crippen molar-refractivity contribution in [3.8, 4) is 11.1 Å². The summed E-state index contributed by atoms with van der Waals surface area (Å²) < 4.78 is 49.2. The van der Waals surface area contributed by atoms with Crippen molar-refractivity contribution < 1.29 is 22.3 Å². The van der Waals surface area contributed by atoms with E-state index >= 15 is 0 Å². The molecule has 37 heavy (non-hydrogen) atoms. The third kappa shape index (κ3) is 6.97. The fourth-order valence-electron chi connectivity index (χ4n) is 3.81. The molecule has 1 aliphatic heterocycles. The lowest BCUT2D eigenvalue weighted by Crippen LogP contribution is -2.45. The number of amides is 1. The normalized spacial score (nSPS) is 15.7. The topological polar surface area (TPSA) is 134 Å². The highest BCUT2D eigenvalue weighted by Crippen LogP contribution is 2.24. The van der Waals surface area contributed by atoms with Gasteiger partial charge in [-0.2, -0.15) is 4.98 Å². The van der Waals surface area contributed by atoms with Gasteiger partial charge in [0.05, 0.1) is 0 Å². The van der Waals surface area contributed by atoms with Crippen molar-refractivity contribution in [2.24, 2.45) is 0 Å². The molecule has 1 aliphatic rings. The van der Waals surface area contributed by atoms with Gasteiger partial charge in [0.1, 0.15) is 11.5 Å². The largest absolute Gasteiger partial charge is 0.448 e. The van der Waals surface area contributed by atoms with Crippen molar-refractivity contribution in [1.82, 2.24) is 34.1 Å². The molecule has 0 spiro atoms. The Morgan fingerprint density at radius 1 is 1.14 bits per heavy atom. The Bertz CT molecular complexity index is 1380. The molecule has 200 valence electrons. The lowest BCUT2D eigenvalue weighted by Gasteiger charge is -2.31. The highest BCUT2D eigenvalue weighted by Gasteiger charge is 2.23. The lowest BCUT2D eigenvalue weighted by atomic mass is 10.1. The minimum Gasteiger partial charge on any atom is -0.448 e. The van der Waals surface area contributed by atoms with Gasteiger partial charge in [0.2, 0.25) is 10.0 Å². The van der Waals surface area contributed by atoms with Crippen LogP contribution in [0.2, 0.25) is 0 Å². The van der Waals surface area contributed by atoms with Crippen molar-refractivity contribution in [2.75, 3.05) is 51.7 Å². The summed E-state index contributed by atoms with van der Waals surface area (Å²) in [5, 5.41) is 6.53. The molecule has 4 rings (SSSR count). The van der Waals surface area contributed by atoms with E-state index in [0.717, 1.165) is 26.2 Å². The standard InChI is InChI=1S/C23H31FN8O4S/c1-23(2,3)29-37(34,35)18-11-16(13-25-14-18)17-12-19(24)20-26-21(28-32(20)15-17)27-22(33)36-10-9-31-7-5-30(4)6-8-31/h11-15,29H,5-10H2,1-4H3,(H,27,28,33). The maximum Gasteiger partial charge on any atom is 0.414 e. The van der Waals surface area contributed by atoms with Gasteiger partial charge < -0.3 is 9.64 Å². The highest BCUT2D eigenvalue weighted by molar-refractivity contribution is 7.89. The van der Waals surface area contributed by atoms with Crippen molar-refractivity contribution >= 4 is 27.7 Å². The number of hydrogen-bond donors (Lipinski definition) is 2. The molecule has 0 aliphatic carbocycles. The third-order valence-corrected chi connectivity index (χ3v) is 7.36. The SMILES string of the molecule is CN1CCN(CCOC(=O)Nc2nc3c(F)cc(-c4cncc(S(=O)(=O)NC(C)(C)C)c4)cn3n2)CC1. The van der Waals surface area contributed by atoms with Gasteiger partial charge >= 0.3 is 6.09 Å². The summed E-state index contributed by atoms with van der Waals surface area (Å²) in [6, 6.07) is 2.60. The average molecular weight is 535 g/mol. The molecule has 0 bridgehead atoms. The Hall–Kier alpha value is -3.20. The first-order valence-corrected chi connectivity index (χ1v) is 13.3. The van der Waals surface area contributed by atoms with E-state index in [1.165, 1.54) is 35.2 Å². The van der Waals surface area contributed by atoms with E-state index in [0.29, 0.717) is 17.7 Å². The van der Waals surface area contributed by atoms with Crippen LogP contribution in [-0.2, 0) is 14.8 Å². The summed E-state index contributed by atoms with van der Waals surface area (Å²) in [6.07, 6.45) is 3.38. The molecule has 1 fully saturated rings. The van der Waals surface area contributed by atoms with E-state index in [-0.39, 0.29) is 23.1 Å². The quantitative estimate of drug-likeness (QED) is 0.465. The number of anilines is 1. The molecule has 14 heteroatoms. The number of carbonyl (C=O) groups excluding carboxylic acids is 1. The molecule has 2 N–H and O–H groups in total. The number of piperazine rings is 1. The molecule has 1 saturated heterocycles. The number of ether oxygens (including phenoxy) is 1. The van der Waals surface area contributed by atoms with Gasteiger partial charge in [0, 0.05) is 68.0 Å². The molecule has 0 radical (unpaired) electrons. The van der Waals surface area contributed by atoms with Crippen LogP contribution < -0.4 is 10.0 Å². The number of likely N-dealkylation sites (N-methyl/N-ethyl adjacent to an activating group) is 1. The van der Waals surface area contributed by atoms with Crippen LogP contribution in [0.25, 0.3) is 16.8 Å². The van der Waals surface area contributed by atoms with Gasteiger partial charge in [-0.25, -0.2) is 26.8 Å². The first kappa shape index (κ1) is 26.9. The van der Waals surface area contributed by atoms with Crippen LogP contribution in [-0.4, -0.2) is 95.8 Å². The first-order chi connectivity index (χ1) is 17.4. The number of fused-ring (bicyclic) bond motifs is 1. The van der Waals surface area contributed by atoms with Crippen molar-refractivity contribution in [2.45, 2.75) is 31.2 Å². The van der Waals surface area contributed by atoms with E-state index < -0.39 is 27.5 Å². The molecule has 3 aromatic rings. The number of nitrogens with zero attached hydrogens (tertiary/aromatic N) is 6. The fourth-order valence-corrected chi connectivity index (χ4v) is 5.21. The summed E-state index contributed by atoms with van der Waals surface area (Å²) in [6.45, 7) is 9.76. The number of rotatable bonds is 7. The zero-order chi connectivity index (χ0) is 26.8. The van der Waals surface area contributed by atoms with E-state index in [1.54, 1.807) is 20.8 Å². The van der Waals surface area contributed by atoms with Crippen molar-refractivity contribution in [1.29, 1.82) is 0 Å². The van der Waals surface area contributed by atoms with Crippen LogP contribution in [0, 0.1) is 5.82 Å². The van der Waals surface area contributed by atoms with Gasteiger partial charge in [-0.1, -0.05) is 0 Å². The Labute approximate surface area is 214 Å². The number of carbonyl (C=O) groups is 1. The highest BCUT2D eigenvalue weighted by atomic mass is 32.2. The smallest absolute Gasteiger partial charge is 0.414 e. The Balaban J connectivity index is 1.45. The second-order valence-electron chi connectivity index (χ2n) is 9.95. The molecule has 0 atom stereocenters. The number of sulfonamides is 1. The predicted molar refractivity (Wildman–Crippen MR) is 135 cm³/mol. The van der Waals surface area contributed by atoms with Crippen LogP contribution in [0.1, 0.15) is 20.8 Å². The van der Waals surface area contributed by atoms with Crippen LogP contribution in [0.5, 0.6) is 0 Å². The maximum atomic E-state index is 14.8. The molecule has 1 amide bonds. The number of hydrogen-bond acceptors (Lipinski definition) is 9. The van der Waals surface area contributed by atoms with Gasteiger partial charge in [0.15, 0.2) is 11.5 Å². The number of halogens is 1. The second-order valence-corrected chi connectivity index (χ2v) is 11.6. The third-order valence-electron chi connectivity index (χ3n) is 5.64. The minimum absolute atomic E-state index is 0.0549. The Morgan fingerprint density at radius 2 is 1.86 bits per heavy atom. The van der Waals surface area contributed by atoms with Gasteiger partial charge in [-0.3, -0.25) is 15.2 Å². The van der Waals surface area contributed by atoms with Crippen LogP contribution in [0.15, 0.2) is 35.6 Å². The average Bonchev–Trinajstić information content (AvgIpc) is 3.22. The second kappa shape index (κ2) is 10.7. The summed E-state index contributed by atoms with van der Waals surface area (Å²) in [5.41, 5.74) is -0.0968. The zero-order valence-electron chi connectivity index (χ0n) is 21.2. The summed E-state index contributed by atoms with van der Waals surface area (Å²) in [7, 11) is -1.77. The number of aromatic nitrogens is 4. The molecule has 3 aromatic heterocycles. The Morgan fingerprint density at radius 3 is 2.57 bits per heavy atom. The van der Waals surface area contributed by atoms with E-state index in [4.69, 9.17) is 4.74 Å². The van der Waals surface area contributed by atoms with Crippen LogP contribution in [0.3, 0.4) is 0 Å². The monoisotopic (exact) mass is 534 g/mol. The van der Waals surface area contributed by atoms with Gasteiger partial charge in [0.25, 0.3) is 5.95 Å². The predicted octanol–water partition coefficient (Wildman–Crippen LogP) is 1.80. The molecule has 0 unspecified atom stereocenters. The Kier molecular flexibility index (Phi) is 7.73. The summed E-state index contributed by atoms with van der Waals surface area (Å²) in [5.74, 6) is -0.827. The van der Waals surface area contributed by atoms with Crippen LogP contribution in [0.4, 0.5) is 15.1 Å². The number of pyridine rings is 2. The summed E-state index contributed by atoms with van der Waals surface area (Å²) >= 11 is 0. The molecule has 0 saturated carbocycles. The fraction of sp³-hybridized carbons (Fsp3) is 0.478. The maximum absolute atomic E-state index is 14.8. The molecular weight excluding hydrogens is 503 g/mol. The number of nitrogens with one attached hydrogen (secondary N) is 2. The van der Waals surface area contributed by atoms with E-state index in [1.807, 2.05) is 0 Å².